The van der Waals surface area contributed by atoms with Crippen LogP contribution in [0.5, 0.6) is 0 Å². The van der Waals surface area contributed by atoms with E-state index in [-0.39, 0.29) is 0 Å². The standard InChI is InChI=1S/C11H21ClS/c1-13-9-5-8-11(10-12)6-3-2-4-7-11/h2-10H2,1H3. The maximum absolute atomic E-state index is 6.11. The molecule has 0 amide bonds. The van der Waals surface area contributed by atoms with E-state index in [1.165, 1.54) is 50.7 Å². The van der Waals surface area contributed by atoms with Crippen molar-refractivity contribution in [3.05, 3.63) is 0 Å². The molecule has 0 radical (unpaired) electrons. The van der Waals surface area contributed by atoms with Crippen LogP contribution in [0.1, 0.15) is 44.9 Å². The Kier molecular flexibility index (Phi) is 5.57. The highest BCUT2D eigenvalue weighted by Crippen LogP contribution is 2.41. The van der Waals surface area contributed by atoms with Crippen molar-refractivity contribution in [3.8, 4) is 0 Å². The molecule has 13 heavy (non-hydrogen) atoms. The van der Waals surface area contributed by atoms with Gasteiger partial charge in [0.1, 0.15) is 0 Å². The van der Waals surface area contributed by atoms with Crippen LogP contribution < -0.4 is 0 Å². The van der Waals surface area contributed by atoms with Crippen molar-refractivity contribution in [2.75, 3.05) is 17.9 Å². The summed E-state index contributed by atoms with van der Waals surface area (Å²) in [5.41, 5.74) is 0.523. The molecule has 0 aliphatic heterocycles. The molecule has 0 spiro atoms. The molecule has 0 bridgehead atoms. The lowest BCUT2D eigenvalue weighted by Gasteiger charge is -2.35. The van der Waals surface area contributed by atoms with Crippen LogP contribution >= 0.6 is 23.4 Å². The van der Waals surface area contributed by atoms with Crippen molar-refractivity contribution < 1.29 is 0 Å². The minimum atomic E-state index is 0.523. The maximum Gasteiger partial charge on any atom is 0.0280 e. The molecule has 2 heteroatoms. The fourth-order valence-corrected chi connectivity index (χ4v) is 3.18. The number of hydrogen-bond donors (Lipinski definition) is 0. The normalized spacial score (nSPS) is 21.7. The van der Waals surface area contributed by atoms with Crippen LogP contribution in [0.4, 0.5) is 0 Å². The molecular formula is C11H21ClS. The Morgan fingerprint density at radius 1 is 1.23 bits per heavy atom. The minimum Gasteiger partial charge on any atom is -0.165 e. The van der Waals surface area contributed by atoms with Gasteiger partial charge in [0.05, 0.1) is 0 Å². The van der Waals surface area contributed by atoms with Gasteiger partial charge in [0.15, 0.2) is 0 Å². The first-order valence-electron chi connectivity index (χ1n) is 5.38. The molecule has 0 saturated heterocycles. The van der Waals surface area contributed by atoms with E-state index in [9.17, 15) is 0 Å². The average Bonchev–Trinajstić information content (AvgIpc) is 2.20. The van der Waals surface area contributed by atoms with E-state index in [2.05, 4.69) is 6.26 Å². The van der Waals surface area contributed by atoms with Gasteiger partial charge in [-0.3, -0.25) is 0 Å². The molecule has 1 aliphatic rings. The molecule has 0 heterocycles. The Balaban J connectivity index is 2.29. The minimum absolute atomic E-state index is 0.523. The Hall–Kier alpha value is 0.640. The molecule has 0 aromatic rings. The van der Waals surface area contributed by atoms with E-state index in [0.29, 0.717) is 5.41 Å². The zero-order valence-corrected chi connectivity index (χ0v) is 10.2. The van der Waals surface area contributed by atoms with Gasteiger partial charge >= 0.3 is 0 Å². The molecule has 1 rings (SSSR count). The number of thioether (sulfide) groups is 1. The van der Waals surface area contributed by atoms with Gasteiger partial charge in [-0.2, -0.15) is 11.8 Å². The third kappa shape index (κ3) is 3.71. The lowest BCUT2D eigenvalue weighted by atomic mass is 9.73. The van der Waals surface area contributed by atoms with E-state index < -0.39 is 0 Å². The molecule has 0 unspecified atom stereocenters. The largest absolute Gasteiger partial charge is 0.165 e. The summed E-state index contributed by atoms with van der Waals surface area (Å²) < 4.78 is 0. The Morgan fingerprint density at radius 2 is 1.92 bits per heavy atom. The van der Waals surface area contributed by atoms with Crippen molar-refractivity contribution in [2.45, 2.75) is 44.9 Å². The Bertz CT molecular complexity index is 130. The zero-order chi connectivity index (χ0) is 9.57. The summed E-state index contributed by atoms with van der Waals surface area (Å²) >= 11 is 8.07. The molecule has 78 valence electrons. The zero-order valence-electron chi connectivity index (χ0n) is 8.65. The van der Waals surface area contributed by atoms with Gasteiger partial charge in [-0.1, -0.05) is 19.3 Å². The van der Waals surface area contributed by atoms with Crippen LogP contribution in [0, 0.1) is 5.41 Å². The SMILES string of the molecule is CSCCCC1(CCl)CCCCC1. The highest BCUT2D eigenvalue weighted by Gasteiger charge is 2.30. The number of hydrogen-bond acceptors (Lipinski definition) is 1. The second kappa shape index (κ2) is 6.19. The van der Waals surface area contributed by atoms with Crippen molar-refractivity contribution >= 4 is 23.4 Å². The second-order valence-corrected chi connectivity index (χ2v) is 5.54. The van der Waals surface area contributed by atoms with Crippen molar-refractivity contribution in [3.63, 3.8) is 0 Å². The van der Waals surface area contributed by atoms with Gasteiger partial charge in [0.2, 0.25) is 0 Å². The molecule has 1 aliphatic carbocycles. The monoisotopic (exact) mass is 220 g/mol. The Morgan fingerprint density at radius 3 is 2.46 bits per heavy atom. The first-order valence-corrected chi connectivity index (χ1v) is 7.31. The topological polar surface area (TPSA) is 0 Å². The Labute approximate surface area is 91.8 Å². The van der Waals surface area contributed by atoms with E-state index in [1.807, 2.05) is 11.8 Å². The van der Waals surface area contributed by atoms with Crippen molar-refractivity contribution in [1.29, 1.82) is 0 Å². The van der Waals surface area contributed by atoms with E-state index >= 15 is 0 Å². The third-order valence-corrected chi connectivity index (χ3v) is 4.52. The number of rotatable bonds is 5. The fourth-order valence-electron chi connectivity index (χ4n) is 2.34. The molecule has 0 N–H and O–H groups in total. The maximum atomic E-state index is 6.11. The first kappa shape index (κ1) is 11.7. The quantitative estimate of drug-likeness (QED) is 0.491. The fraction of sp³-hybridized carbons (Fsp3) is 1.00. The number of halogens is 1. The smallest absolute Gasteiger partial charge is 0.0280 e. The summed E-state index contributed by atoms with van der Waals surface area (Å²) in [6.45, 7) is 0. The van der Waals surface area contributed by atoms with Gasteiger partial charge in [-0.25, -0.2) is 0 Å². The first-order chi connectivity index (χ1) is 6.33. The predicted octanol–water partition coefficient (Wildman–Crippen LogP) is 4.32. The van der Waals surface area contributed by atoms with E-state index in [0.717, 1.165) is 5.88 Å². The molecule has 1 fully saturated rings. The lowest BCUT2D eigenvalue weighted by molar-refractivity contribution is 0.202. The van der Waals surface area contributed by atoms with Gasteiger partial charge in [-0.05, 0) is 43.1 Å². The van der Waals surface area contributed by atoms with Gasteiger partial charge in [0, 0.05) is 5.88 Å². The second-order valence-electron chi connectivity index (χ2n) is 4.29. The van der Waals surface area contributed by atoms with Crippen LogP contribution in [0.3, 0.4) is 0 Å². The van der Waals surface area contributed by atoms with Crippen LogP contribution in [-0.2, 0) is 0 Å². The highest BCUT2D eigenvalue weighted by molar-refractivity contribution is 7.98. The van der Waals surface area contributed by atoms with Crippen LogP contribution in [-0.4, -0.2) is 17.9 Å². The van der Waals surface area contributed by atoms with Crippen LogP contribution in [0.2, 0.25) is 0 Å². The number of alkyl halides is 1. The van der Waals surface area contributed by atoms with Crippen LogP contribution in [0.15, 0.2) is 0 Å². The van der Waals surface area contributed by atoms with Crippen LogP contribution in [0.25, 0.3) is 0 Å². The molecule has 0 atom stereocenters. The molecule has 0 aromatic heterocycles. The molecule has 0 nitrogen and oxygen atoms in total. The average molecular weight is 221 g/mol. The van der Waals surface area contributed by atoms with Gasteiger partial charge < -0.3 is 0 Å². The van der Waals surface area contributed by atoms with Crippen molar-refractivity contribution in [2.24, 2.45) is 5.41 Å². The molecule has 0 aromatic carbocycles. The summed E-state index contributed by atoms with van der Waals surface area (Å²) in [5.74, 6) is 2.19. The van der Waals surface area contributed by atoms with E-state index in [1.54, 1.807) is 0 Å². The summed E-state index contributed by atoms with van der Waals surface area (Å²) in [6.07, 6.45) is 11.9. The summed E-state index contributed by atoms with van der Waals surface area (Å²) in [4.78, 5) is 0. The lowest BCUT2D eigenvalue weighted by Crippen LogP contribution is -2.26. The van der Waals surface area contributed by atoms with Gasteiger partial charge in [0.25, 0.3) is 0 Å². The van der Waals surface area contributed by atoms with E-state index in [4.69, 9.17) is 11.6 Å². The molecule has 1 saturated carbocycles. The van der Waals surface area contributed by atoms with Gasteiger partial charge in [-0.15, -0.1) is 11.6 Å². The summed E-state index contributed by atoms with van der Waals surface area (Å²) in [7, 11) is 0. The highest BCUT2D eigenvalue weighted by atomic mass is 35.5. The van der Waals surface area contributed by atoms with Crippen molar-refractivity contribution in [1.82, 2.24) is 0 Å². The molecular weight excluding hydrogens is 200 g/mol. The predicted molar refractivity (Wildman–Crippen MR) is 63.9 cm³/mol. The third-order valence-electron chi connectivity index (χ3n) is 3.25. The summed E-state index contributed by atoms with van der Waals surface area (Å²) in [5, 5.41) is 0. The summed E-state index contributed by atoms with van der Waals surface area (Å²) in [6, 6.07) is 0.